The Bertz CT molecular complexity index is 551. The van der Waals surface area contributed by atoms with E-state index in [0.29, 0.717) is 23.8 Å². The van der Waals surface area contributed by atoms with E-state index < -0.39 is 0 Å². The zero-order chi connectivity index (χ0) is 13.7. The predicted molar refractivity (Wildman–Crippen MR) is 66.4 cm³/mol. The molecule has 2 aromatic rings. The van der Waals surface area contributed by atoms with Crippen LogP contribution in [0.3, 0.4) is 0 Å². The van der Waals surface area contributed by atoms with Crippen LogP contribution in [0, 0.1) is 5.82 Å². The zero-order valence-corrected chi connectivity index (χ0v) is 10.5. The number of nitrogens with zero attached hydrogens (tertiary/aromatic N) is 2. The van der Waals surface area contributed by atoms with E-state index in [1.54, 1.807) is 12.1 Å². The van der Waals surface area contributed by atoms with E-state index in [1.165, 1.54) is 12.1 Å². The lowest BCUT2D eigenvalue weighted by Gasteiger charge is -1.99. The Hall–Kier alpha value is -2.24. The molecule has 1 N–H and O–H groups in total. The lowest BCUT2D eigenvalue weighted by atomic mass is 10.2. The van der Waals surface area contributed by atoms with Crippen molar-refractivity contribution in [1.82, 2.24) is 15.5 Å². The summed E-state index contributed by atoms with van der Waals surface area (Å²) in [5.41, 5.74) is 0.639. The van der Waals surface area contributed by atoms with E-state index in [-0.39, 0.29) is 18.3 Å². The lowest BCUT2D eigenvalue weighted by Crippen LogP contribution is -2.22. The molecule has 1 aromatic carbocycles. The smallest absolute Gasteiger partial charge is 0.247 e. The average Bonchev–Trinajstić information content (AvgIpc) is 2.86. The molecule has 0 spiro atoms. The fourth-order valence-corrected chi connectivity index (χ4v) is 1.52. The van der Waals surface area contributed by atoms with Gasteiger partial charge < -0.3 is 9.73 Å². The average molecular weight is 263 g/mol. The van der Waals surface area contributed by atoms with E-state index in [9.17, 15) is 9.18 Å². The summed E-state index contributed by atoms with van der Waals surface area (Å²) in [6, 6.07) is 5.76. The number of carbonyl (C=O) groups excluding carboxylic acids is 1. The van der Waals surface area contributed by atoms with Crippen molar-refractivity contribution in [1.29, 1.82) is 0 Å². The first-order valence-corrected chi connectivity index (χ1v) is 6.04. The summed E-state index contributed by atoms with van der Waals surface area (Å²) in [4.78, 5) is 11.3. The normalized spacial score (nSPS) is 10.4. The number of aromatic nitrogens is 2. The van der Waals surface area contributed by atoms with Crippen LogP contribution in [0.5, 0.6) is 0 Å². The van der Waals surface area contributed by atoms with Crippen molar-refractivity contribution in [3.05, 3.63) is 36.0 Å². The highest BCUT2D eigenvalue weighted by atomic mass is 19.1. The largest absolute Gasteiger partial charge is 0.419 e. The molecule has 0 saturated heterocycles. The molecule has 0 radical (unpaired) electrons. The maximum absolute atomic E-state index is 12.8. The molecular formula is C13H14FN3O2. The molecule has 6 heteroatoms. The van der Waals surface area contributed by atoms with Crippen LogP contribution in [-0.2, 0) is 11.3 Å². The van der Waals surface area contributed by atoms with Crippen molar-refractivity contribution in [3.8, 4) is 11.5 Å². The quantitative estimate of drug-likeness (QED) is 0.898. The molecule has 1 amide bonds. The molecule has 1 aromatic heterocycles. The van der Waals surface area contributed by atoms with Crippen LogP contribution in [-0.4, -0.2) is 16.1 Å². The van der Waals surface area contributed by atoms with Gasteiger partial charge in [-0.1, -0.05) is 6.92 Å². The molecule has 0 atom stereocenters. The molecule has 0 aliphatic rings. The van der Waals surface area contributed by atoms with Crippen LogP contribution in [0.25, 0.3) is 11.5 Å². The summed E-state index contributed by atoms with van der Waals surface area (Å²) in [7, 11) is 0. The number of amides is 1. The van der Waals surface area contributed by atoms with Gasteiger partial charge in [0.1, 0.15) is 5.82 Å². The van der Waals surface area contributed by atoms with E-state index >= 15 is 0 Å². The van der Waals surface area contributed by atoms with Crippen LogP contribution in [0.2, 0.25) is 0 Å². The van der Waals surface area contributed by atoms with E-state index in [1.807, 2.05) is 6.92 Å². The van der Waals surface area contributed by atoms with Gasteiger partial charge in [-0.2, -0.15) is 0 Å². The Labute approximate surface area is 109 Å². The minimum absolute atomic E-state index is 0.0518. The maximum atomic E-state index is 12.8. The van der Waals surface area contributed by atoms with E-state index in [4.69, 9.17) is 4.42 Å². The van der Waals surface area contributed by atoms with Gasteiger partial charge in [0.15, 0.2) is 0 Å². The molecule has 19 heavy (non-hydrogen) atoms. The van der Waals surface area contributed by atoms with Crippen LogP contribution >= 0.6 is 0 Å². The monoisotopic (exact) mass is 263 g/mol. The summed E-state index contributed by atoms with van der Waals surface area (Å²) in [6.07, 6.45) is 1.26. The van der Waals surface area contributed by atoms with E-state index in [0.717, 1.165) is 6.42 Å². The van der Waals surface area contributed by atoms with Crippen LogP contribution in [0.15, 0.2) is 28.7 Å². The predicted octanol–water partition coefficient (Wildman–Crippen LogP) is 2.29. The molecule has 0 aliphatic carbocycles. The Morgan fingerprint density at radius 3 is 2.74 bits per heavy atom. The highest BCUT2D eigenvalue weighted by Gasteiger charge is 2.09. The molecule has 100 valence electrons. The molecule has 5 nitrogen and oxygen atoms in total. The van der Waals surface area contributed by atoms with Gasteiger partial charge in [0, 0.05) is 12.0 Å². The van der Waals surface area contributed by atoms with Crippen molar-refractivity contribution in [2.45, 2.75) is 26.3 Å². The first-order valence-electron chi connectivity index (χ1n) is 6.04. The molecule has 0 bridgehead atoms. The summed E-state index contributed by atoms with van der Waals surface area (Å²) >= 11 is 0. The van der Waals surface area contributed by atoms with Gasteiger partial charge in [0.05, 0.1) is 6.54 Å². The number of benzene rings is 1. The number of halogens is 1. The number of rotatable bonds is 5. The highest BCUT2D eigenvalue weighted by Crippen LogP contribution is 2.17. The molecule has 0 fully saturated rings. The number of hydrogen-bond donors (Lipinski definition) is 1. The van der Waals surface area contributed by atoms with Gasteiger partial charge in [0.25, 0.3) is 0 Å². The Balaban J connectivity index is 1.99. The second kappa shape index (κ2) is 6.08. The fourth-order valence-electron chi connectivity index (χ4n) is 1.52. The number of carbonyl (C=O) groups is 1. The molecule has 0 aliphatic heterocycles. The number of hydrogen-bond acceptors (Lipinski definition) is 4. The van der Waals surface area contributed by atoms with Gasteiger partial charge >= 0.3 is 0 Å². The minimum atomic E-state index is -0.324. The highest BCUT2D eigenvalue weighted by molar-refractivity contribution is 5.75. The van der Waals surface area contributed by atoms with Crippen LogP contribution < -0.4 is 5.32 Å². The van der Waals surface area contributed by atoms with Crippen molar-refractivity contribution < 1.29 is 13.6 Å². The molecular weight excluding hydrogens is 249 g/mol. The third-order valence-electron chi connectivity index (χ3n) is 2.47. The van der Waals surface area contributed by atoms with Crippen molar-refractivity contribution in [2.75, 3.05) is 0 Å². The van der Waals surface area contributed by atoms with Gasteiger partial charge in [-0.05, 0) is 30.7 Å². The molecule has 1 heterocycles. The standard InChI is InChI=1S/C13H14FN3O2/c1-2-3-11(18)15-8-12-16-17-13(19-12)9-4-6-10(14)7-5-9/h4-7H,2-3,8H2,1H3,(H,15,18). The van der Waals surface area contributed by atoms with Crippen molar-refractivity contribution >= 4 is 5.91 Å². The topological polar surface area (TPSA) is 68.0 Å². The zero-order valence-electron chi connectivity index (χ0n) is 10.5. The van der Waals surface area contributed by atoms with Gasteiger partial charge in [0.2, 0.25) is 17.7 Å². The Kier molecular flexibility index (Phi) is 4.22. The number of nitrogens with one attached hydrogen (secondary N) is 1. The van der Waals surface area contributed by atoms with Gasteiger partial charge in [-0.15, -0.1) is 10.2 Å². The summed E-state index contributed by atoms with van der Waals surface area (Å²) in [5.74, 6) is 0.253. The maximum Gasteiger partial charge on any atom is 0.247 e. The minimum Gasteiger partial charge on any atom is -0.419 e. The van der Waals surface area contributed by atoms with Gasteiger partial charge in [-0.3, -0.25) is 4.79 Å². The summed E-state index contributed by atoms with van der Waals surface area (Å²) in [5, 5.41) is 10.4. The molecule has 2 rings (SSSR count). The molecule has 0 saturated carbocycles. The summed E-state index contributed by atoms with van der Waals surface area (Å²) < 4.78 is 18.2. The second-order valence-electron chi connectivity index (χ2n) is 4.03. The second-order valence-corrected chi connectivity index (χ2v) is 4.03. The molecule has 0 unspecified atom stereocenters. The van der Waals surface area contributed by atoms with Crippen molar-refractivity contribution in [2.24, 2.45) is 0 Å². The summed E-state index contributed by atoms with van der Waals surface area (Å²) in [6.45, 7) is 2.13. The lowest BCUT2D eigenvalue weighted by molar-refractivity contribution is -0.121. The first kappa shape index (κ1) is 13.2. The third-order valence-corrected chi connectivity index (χ3v) is 2.47. The Morgan fingerprint density at radius 1 is 1.32 bits per heavy atom. The Morgan fingerprint density at radius 2 is 2.05 bits per heavy atom. The van der Waals surface area contributed by atoms with Crippen LogP contribution in [0.4, 0.5) is 4.39 Å². The SMILES string of the molecule is CCCC(=O)NCc1nnc(-c2ccc(F)cc2)o1. The first-order chi connectivity index (χ1) is 9.19. The van der Waals surface area contributed by atoms with E-state index in [2.05, 4.69) is 15.5 Å². The van der Waals surface area contributed by atoms with Crippen LogP contribution in [0.1, 0.15) is 25.7 Å². The van der Waals surface area contributed by atoms with Gasteiger partial charge in [-0.25, -0.2) is 4.39 Å². The third kappa shape index (κ3) is 3.61. The fraction of sp³-hybridized carbons (Fsp3) is 0.308. The van der Waals surface area contributed by atoms with Crippen molar-refractivity contribution in [3.63, 3.8) is 0 Å².